The van der Waals surface area contributed by atoms with Gasteiger partial charge in [0, 0.05) is 5.56 Å². The molecule has 0 aliphatic carbocycles. The minimum absolute atomic E-state index is 0.0258. The van der Waals surface area contributed by atoms with Gasteiger partial charge in [-0.3, -0.25) is 0 Å². The SMILES string of the molecule is CCc1cc(S(F)(F)(F)(F)F)cc2c1OC(C(F)(F)F)C(C(=O)OCOC(=O)OCC(C)O[N+](=O)[O-])=C2. The van der Waals surface area contributed by atoms with E-state index in [1.54, 1.807) is 0 Å². The maximum atomic E-state index is 13.6. The van der Waals surface area contributed by atoms with E-state index in [0.717, 1.165) is 6.92 Å². The normalized spacial score (nSPS) is 18.1. The van der Waals surface area contributed by atoms with Crippen LogP contribution in [0.25, 0.3) is 6.08 Å². The van der Waals surface area contributed by atoms with Crippen molar-refractivity contribution in [1.82, 2.24) is 0 Å². The summed E-state index contributed by atoms with van der Waals surface area (Å²) >= 11 is 0. The number of halogens is 8. The Labute approximate surface area is 201 Å². The number of carbonyl (C=O) groups excluding carboxylic acids is 2. The average molecular weight is 575 g/mol. The average Bonchev–Trinajstić information content (AvgIpc) is 2.73. The first kappa shape index (κ1) is 29.7. The second-order valence-corrected chi connectivity index (χ2v) is 9.77. The van der Waals surface area contributed by atoms with Gasteiger partial charge in [-0.1, -0.05) is 26.4 Å². The lowest BCUT2D eigenvalue weighted by Gasteiger charge is -2.41. The number of carbonyl (C=O) groups is 2. The lowest BCUT2D eigenvalue weighted by molar-refractivity contribution is -0.767. The van der Waals surface area contributed by atoms with Crippen LogP contribution in [0.3, 0.4) is 0 Å². The van der Waals surface area contributed by atoms with Gasteiger partial charge in [-0.2, -0.15) is 13.2 Å². The van der Waals surface area contributed by atoms with Gasteiger partial charge in [0.05, 0.1) is 5.57 Å². The van der Waals surface area contributed by atoms with Crippen molar-refractivity contribution in [2.45, 2.75) is 43.5 Å². The van der Waals surface area contributed by atoms with Gasteiger partial charge in [-0.15, -0.1) is 10.1 Å². The van der Waals surface area contributed by atoms with Gasteiger partial charge in [0.2, 0.25) is 12.9 Å². The molecule has 37 heavy (non-hydrogen) atoms. The zero-order valence-corrected chi connectivity index (χ0v) is 19.4. The summed E-state index contributed by atoms with van der Waals surface area (Å²) in [7, 11) is -10.3. The lowest BCUT2D eigenvalue weighted by atomic mass is 9.98. The summed E-state index contributed by atoms with van der Waals surface area (Å²) < 4.78 is 125. The topological polar surface area (TPSA) is 123 Å². The molecule has 2 unspecified atom stereocenters. The van der Waals surface area contributed by atoms with E-state index in [2.05, 4.69) is 19.0 Å². The molecule has 1 heterocycles. The van der Waals surface area contributed by atoms with E-state index in [1.807, 2.05) is 0 Å². The van der Waals surface area contributed by atoms with E-state index in [1.165, 1.54) is 6.92 Å². The van der Waals surface area contributed by atoms with Gasteiger partial charge in [-0.25, -0.2) is 9.59 Å². The molecule has 0 N–H and O–H groups in total. The van der Waals surface area contributed by atoms with Crippen LogP contribution >= 0.6 is 10.2 Å². The van der Waals surface area contributed by atoms with Crippen molar-refractivity contribution in [2.24, 2.45) is 0 Å². The Morgan fingerprint density at radius 2 is 1.76 bits per heavy atom. The zero-order valence-electron chi connectivity index (χ0n) is 18.6. The molecule has 19 heteroatoms. The standard InChI is InChI=1S/C18H17F8NO9S/c1-3-10-4-12(37(22,23,24,25)26)5-11-6-13(15(18(19,20)21)35-14(10)11)16(28)33-8-34-17(29)32-7-9(2)36-27(30)31/h4-6,9,15H,3,7-8H2,1-2H3. The Morgan fingerprint density at radius 3 is 2.27 bits per heavy atom. The Balaban J connectivity index is 2.28. The van der Waals surface area contributed by atoms with Crippen LogP contribution in [0, 0.1) is 10.1 Å². The van der Waals surface area contributed by atoms with Gasteiger partial charge in [0.25, 0.3) is 5.09 Å². The van der Waals surface area contributed by atoms with Crippen molar-refractivity contribution < 1.29 is 71.1 Å². The second-order valence-electron chi connectivity index (χ2n) is 7.36. The monoisotopic (exact) mass is 575 g/mol. The fourth-order valence-corrected chi connectivity index (χ4v) is 3.59. The summed E-state index contributed by atoms with van der Waals surface area (Å²) in [5, 5.41) is 8.95. The molecule has 2 atom stereocenters. The van der Waals surface area contributed by atoms with Gasteiger partial charge >= 0.3 is 28.5 Å². The molecule has 210 valence electrons. The Hall–Kier alpha value is -3.51. The predicted octanol–water partition coefficient (Wildman–Crippen LogP) is 5.86. The van der Waals surface area contributed by atoms with Crippen LogP contribution in [0.4, 0.5) is 37.4 Å². The van der Waals surface area contributed by atoms with Crippen molar-refractivity contribution >= 4 is 28.4 Å². The summed E-state index contributed by atoms with van der Waals surface area (Å²) in [6, 6.07) is -0.181. The van der Waals surface area contributed by atoms with Crippen LogP contribution in [0.15, 0.2) is 22.6 Å². The Morgan fingerprint density at radius 1 is 1.14 bits per heavy atom. The van der Waals surface area contributed by atoms with Crippen LogP contribution in [0.5, 0.6) is 5.75 Å². The molecular weight excluding hydrogens is 558 g/mol. The van der Waals surface area contributed by atoms with E-state index < -0.39 is 93.0 Å². The fraction of sp³-hybridized carbons (Fsp3) is 0.444. The molecule has 1 aromatic carbocycles. The van der Waals surface area contributed by atoms with E-state index in [-0.39, 0.29) is 18.2 Å². The lowest BCUT2D eigenvalue weighted by Crippen LogP contribution is -2.41. The van der Waals surface area contributed by atoms with E-state index in [0.29, 0.717) is 0 Å². The highest BCUT2D eigenvalue weighted by atomic mass is 32.5. The van der Waals surface area contributed by atoms with Gasteiger partial charge in [-0.05, 0) is 37.1 Å². The minimum Gasteiger partial charge on any atom is -0.475 e. The number of nitrogens with zero attached hydrogens (tertiary/aromatic N) is 1. The molecule has 0 aromatic heterocycles. The first-order valence-electron chi connectivity index (χ1n) is 9.76. The molecule has 1 aliphatic rings. The molecule has 0 bridgehead atoms. The molecule has 0 fully saturated rings. The minimum atomic E-state index is -10.3. The molecule has 2 rings (SSSR count). The third-order valence-electron chi connectivity index (χ3n) is 4.43. The van der Waals surface area contributed by atoms with E-state index >= 15 is 0 Å². The highest BCUT2D eigenvalue weighted by molar-refractivity contribution is 8.45. The molecule has 0 radical (unpaired) electrons. The third-order valence-corrected chi connectivity index (χ3v) is 5.55. The zero-order chi connectivity index (χ0) is 28.5. The molecule has 1 aliphatic heterocycles. The number of hydrogen-bond donors (Lipinski definition) is 0. The van der Waals surface area contributed by atoms with Crippen molar-refractivity contribution in [2.75, 3.05) is 13.4 Å². The Kier molecular flexibility index (Phi) is 7.56. The number of ether oxygens (including phenoxy) is 4. The summed E-state index contributed by atoms with van der Waals surface area (Å²) in [5.41, 5.74) is -2.94. The number of rotatable bonds is 9. The smallest absolute Gasteiger partial charge is 0.475 e. The van der Waals surface area contributed by atoms with Gasteiger partial charge < -0.3 is 23.8 Å². The number of benzene rings is 1. The maximum Gasteiger partial charge on any atom is 0.511 e. The summed E-state index contributed by atoms with van der Waals surface area (Å²) in [5.74, 6) is -2.67. The number of aryl methyl sites for hydroxylation is 1. The summed E-state index contributed by atoms with van der Waals surface area (Å²) in [6.45, 7) is 0.258. The third kappa shape index (κ3) is 7.99. The van der Waals surface area contributed by atoms with Crippen LogP contribution in [0.2, 0.25) is 0 Å². The van der Waals surface area contributed by atoms with Crippen LogP contribution in [0.1, 0.15) is 25.0 Å². The van der Waals surface area contributed by atoms with Crippen LogP contribution in [-0.2, 0) is 30.3 Å². The molecule has 1 aromatic rings. The fourth-order valence-electron chi connectivity index (χ4n) is 2.87. The Bertz CT molecular complexity index is 1120. The quantitative estimate of drug-likeness (QED) is 0.117. The van der Waals surface area contributed by atoms with Crippen molar-refractivity contribution in [3.8, 4) is 5.75 Å². The van der Waals surface area contributed by atoms with Gasteiger partial charge in [0.15, 0.2) is 0 Å². The molecule has 0 amide bonds. The highest BCUT2D eigenvalue weighted by Gasteiger charge is 2.66. The molecule has 0 saturated carbocycles. The number of alkyl halides is 3. The molecule has 10 nitrogen and oxygen atoms in total. The summed E-state index contributed by atoms with van der Waals surface area (Å²) in [6.07, 6.45) is -11.4. The molecule has 0 spiro atoms. The number of fused-ring (bicyclic) bond motifs is 1. The number of esters is 1. The maximum absolute atomic E-state index is 13.6. The van der Waals surface area contributed by atoms with Crippen molar-refractivity contribution in [3.63, 3.8) is 0 Å². The van der Waals surface area contributed by atoms with E-state index in [4.69, 9.17) is 4.74 Å². The van der Waals surface area contributed by atoms with Crippen LogP contribution < -0.4 is 4.74 Å². The first-order chi connectivity index (χ1) is 16.6. The predicted molar refractivity (Wildman–Crippen MR) is 107 cm³/mol. The molecule has 0 saturated heterocycles. The van der Waals surface area contributed by atoms with Crippen molar-refractivity contribution in [1.29, 1.82) is 0 Å². The van der Waals surface area contributed by atoms with E-state index in [9.17, 15) is 52.3 Å². The largest absolute Gasteiger partial charge is 0.511 e. The highest BCUT2D eigenvalue weighted by Crippen LogP contribution is 3.02. The van der Waals surface area contributed by atoms with Gasteiger partial charge in [0.1, 0.15) is 23.4 Å². The first-order valence-corrected chi connectivity index (χ1v) is 11.7. The molecular formula is C18H17F8NO9S. The van der Waals surface area contributed by atoms with Crippen LogP contribution in [-0.4, -0.2) is 49.0 Å². The second kappa shape index (κ2) is 9.42. The summed E-state index contributed by atoms with van der Waals surface area (Å²) in [4.78, 5) is 35.4. The number of hydrogen-bond acceptors (Lipinski definition) is 9. The van der Waals surface area contributed by atoms with Crippen molar-refractivity contribution in [3.05, 3.63) is 38.9 Å².